The van der Waals surface area contributed by atoms with Gasteiger partial charge in [-0.2, -0.15) is 0 Å². The second-order valence-corrected chi connectivity index (χ2v) is 6.23. The Bertz CT molecular complexity index is 448. The summed E-state index contributed by atoms with van der Waals surface area (Å²) in [5.74, 6) is 1.23. The Morgan fingerprint density at radius 3 is 2.88 bits per heavy atom. The topological polar surface area (TPSA) is 24.4 Å². The van der Waals surface area contributed by atoms with Gasteiger partial charge in [0.1, 0.15) is 5.82 Å². The highest BCUT2D eigenvalue weighted by atomic mass is 79.9. The van der Waals surface area contributed by atoms with Crippen LogP contribution in [0.1, 0.15) is 13.8 Å². The Morgan fingerprint density at radius 2 is 2.29 bits per heavy atom. The summed E-state index contributed by atoms with van der Waals surface area (Å²) < 4.78 is 14.3. The van der Waals surface area contributed by atoms with Crippen LogP contribution in [-0.2, 0) is 0 Å². The van der Waals surface area contributed by atoms with Crippen LogP contribution in [0.25, 0.3) is 0 Å². The van der Waals surface area contributed by atoms with E-state index in [-0.39, 0.29) is 5.82 Å². The normalized spacial score (nSPS) is 19.6. The second kappa shape index (κ2) is 5.40. The quantitative estimate of drug-likeness (QED) is 0.887. The highest BCUT2D eigenvalue weighted by Gasteiger charge is 2.21. The smallest absolute Gasteiger partial charge is 0.161 e. The summed E-state index contributed by atoms with van der Waals surface area (Å²) in [4.78, 5) is 4.54. The van der Waals surface area contributed by atoms with Crippen molar-refractivity contribution in [2.75, 3.05) is 11.1 Å². The molecule has 0 saturated heterocycles. The number of nitrogens with one attached hydrogen (secondary N) is 1. The van der Waals surface area contributed by atoms with E-state index in [2.05, 4.69) is 40.1 Å². The molecule has 5 heteroatoms. The summed E-state index contributed by atoms with van der Waals surface area (Å²) in [5.41, 5.74) is 0.476. The van der Waals surface area contributed by atoms with Crippen molar-refractivity contribution in [3.63, 3.8) is 0 Å². The van der Waals surface area contributed by atoms with E-state index >= 15 is 0 Å². The van der Waals surface area contributed by atoms with Crippen LogP contribution in [0.3, 0.4) is 0 Å². The molecule has 0 aliphatic carbocycles. The number of halogens is 2. The molecule has 1 atom stereocenters. The van der Waals surface area contributed by atoms with Crippen molar-refractivity contribution >= 4 is 38.5 Å². The lowest BCUT2D eigenvalue weighted by Crippen LogP contribution is -2.12. The number of amidine groups is 1. The Hall–Kier alpha value is -0.550. The molecule has 92 valence electrons. The van der Waals surface area contributed by atoms with Crippen molar-refractivity contribution in [3.8, 4) is 0 Å². The summed E-state index contributed by atoms with van der Waals surface area (Å²) >= 11 is 4.88. The molecule has 1 N–H and O–H groups in total. The van der Waals surface area contributed by atoms with E-state index < -0.39 is 0 Å². The van der Waals surface area contributed by atoms with Gasteiger partial charge in [0.15, 0.2) is 5.17 Å². The van der Waals surface area contributed by atoms with Crippen molar-refractivity contribution < 1.29 is 4.39 Å². The van der Waals surface area contributed by atoms with Crippen molar-refractivity contribution in [3.05, 3.63) is 28.5 Å². The lowest BCUT2D eigenvalue weighted by atomic mass is 10.1. The van der Waals surface area contributed by atoms with Gasteiger partial charge >= 0.3 is 0 Å². The molecule has 2 rings (SSSR count). The molecule has 1 aromatic rings. The fourth-order valence-electron chi connectivity index (χ4n) is 1.51. The van der Waals surface area contributed by atoms with Crippen molar-refractivity contribution in [2.24, 2.45) is 10.9 Å². The highest BCUT2D eigenvalue weighted by Crippen LogP contribution is 2.26. The molecule has 0 aromatic heterocycles. The summed E-state index contributed by atoms with van der Waals surface area (Å²) in [5, 5.41) is 3.85. The van der Waals surface area contributed by atoms with Gasteiger partial charge in [-0.05, 0) is 24.1 Å². The zero-order valence-electron chi connectivity index (χ0n) is 9.71. The fourth-order valence-corrected chi connectivity index (χ4v) is 3.02. The molecule has 0 radical (unpaired) electrons. The zero-order chi connectivity index (χ0) is 12.4. The van der Waals surface area contributed by atoms with Crippen LogP contribution in [0.5, 0.6) is 0 Å². The predicted octanol–water partition coefficient (Wildman–Crippen LogP) is 4.13. The minimum absolute atomic E-state index is 0.268. The van der Waals surface area contributed by atoms with E-state index in [1.165, 1.54) is 6.07 Å². The number of benzene rings is 1. The van der Waals surface area contributed by atoms with Crippen molar-refractivity contribution in [1.29, 1.82) is 0 Å². The van der Waals surface area contributed by atoms with E-state index in [1.54, 1.807) is 17.8 Å². The van der Waals surface area contributed by atoms with E-state index in [0.717, 1.165) is 15.4 Å². The fraction of sp³-hybridized carbons (Fsp3) is 0.417. The summed E-state index contributed by atoms with van der Waals surface area (Å²) in [7, 11) is 0. The van der Waals surface area contributed by atoms with Gasteiger partial charge in [0, 0.05) is 10.2 Å². The maximum absolute atomic E-state index is 13.6. The third kappa shape index (κ3) is 3.22. The monoisotopic (exact) mass is 316 g/mol. The lowest BCUT2D eigenvalue weighted by molar-refractivity contribution is 0.543. The molecular weight excluding hydrogens is 303 g/mol. The Kier molecular flexibility index (Phi) is 4.09. The van der Waals surface area contributed by atoms with E-state index in [4.69, 9.17) is 0 Å². The maximum atomic E-state index is 13.6. The van der Waals surface area contributed by atoms with Crippen LogP contribution >= 0.6 is 27.7 Å². The van der Waals surface area contributed by atoms with Crippen LogP contribution in [-0.4, -0.2) is 17.0 Å². The standard InChI is InChI=1S/C12H14BrFN2S/c1-7(2)11-6-17-12(16-11)15-10-4-3-8(13)5-9(10)14/h3-5,7,11H,6H2,1-2H3,(H,15,16)/t11-/m1/s1. The Balaban J connectivity index is 2.09. The zero-order valence-corrected chi connectivity index (χ0v) is 12.1. The van der Waals surface area contributed by atoms with E-state index in [0.29, 0.717) is 17.6 Å². The van der Waals surface area contributed by atoms with Gasteiger partial charge in [-0.15, -0.1) is 0 Å². The molecule has 1 aliphatic heterocycles. The molecule has 0 spiro atoms. The van der Waals surface area contributed by atoms with Crippen LogP contribution in [0, 0.1) is 11.7 Å². The maximum Gasteiger partial charge on any atom is 0.161 e. The molecule has 1 heterocycles. The number of anilines is 1. The molecule has 17 heavy (non-hydrogen) atoms. The van der Waals surface area contributed by atoms with Crippen LogP contribution in [0.4, 0.5) is 10.1 Å². The molecule has 1 aliphatic rings. The number of thioether (sulfide) groups is 1. The number of hydrogen-bond acceptors (Lipinski definition) is 3. The number of nitrogens with zero attached hydrogens (tertiary/aromatic N) is 1. The summed E-state index contributed by atoms with van der Waals surface area (Å²) in [6.45, 7) is 4.30. The lowest BCUT2D eigenvalue weighted by Gasteiger charge is -2.08. The number of aliphatic imine (C=N–C) groups is 1. The predicted molar refractivity (Wildman–Crippen MR) is 76.2 cm³/mol. The van der Waals surface area contributed by atoms with Gasteiger partial charge in [0.05, 0.1) is 11.7 Å². The number of hydrogen-bond donors (Lipinski definition) is 1. The molecule has 0 fully saturated rings. The van der Waals surface area contributed by atoms with E-state index in [9.17, 15) is 4.39 Å². The first-order valence-corrected chi connectivity index (χ1v) is 7.27. The van der Waals surface area contributed by atoms with Gasteiger partial charge in [0.25, 0.3) is 0 Å². The second-order valence-electron chi connectivity index (χ2n) is 4.31. The third-order valence-electron chi connectivity index (χ3n) is 2.62. The van der Waals surface area contributed by atoms with Crippen molar-refractivity contribution in [1.82, 2.24) is 0 Å². The minimum atomic E-state index is -0.268. The van der Waals surface area contributed by atoms with Crippen molar-refractivity contribution in [2.45, 2.75) is 19.9 Å². The van der Waals surface area contributed by atoms with Crippen LogP contribution in [0.15, 0.2) is 27.7 Å². The molecule has 2 nitrogen and oxygen atoms in total. The Labute approximate surface area is 113 Å². The first-order valence-electron chi connectivity index (χ1n) is 5.49. The highest BCUT2D eigenvalue weighted by molar-refractivity contribution is 9.10. The average Bonchev–Trinajstić information content (AvgIpc) is 2.71. The first kappa shape index (κ1) is 12.9. The summed E-state index contributed by atoms with van der Waals surface area (Å²) in [6, 6.07) is 5.31. The average molecular weight is 317 g/mol. The largest absolute Gasteiger partial charge is 0.333 e. The van der Waals surface area contributed by atoms with Crippen LogP contribution < -0.4 is 5.32 Å². The molecule has 0 saturated carbocycles. The Morgan fingerprint density at radius 1 is 1.53 bits per heavy atom. The third-order valence-corrected chi connectivity index (χ3v) is 4.10. The number of rotatable bonds is 2. The molecular formula is C12H14BrFN2S. The van der Waals surface area contributed by atoms with Gasteiger partial charge in [0.2, 0.25) is 0 Å². The van der Waals surface area contributed by atoms with Gasteiger partial charge in [-0.25, -0.2) is 4.39 Å². The summed E-state index contributed by atoms with van der Waals surface area (Å²) in [6.07, 6.45) is 0. The molecule has 1 aromatic carbocycles. The van der Waals surface area contributed by atoms with E-state index in [1.807, 2.05) is 6.07 Å². The minimum Gasteiger partial charge on any atom is -0.333 e. The van der Waals surface area contributed by atoms with Gasteiger partial charge < -0.3 is 5.32 Å². The first-order chi connectivity index (χ1) is 8.06. The van der Waals surface area contributed by atoms with Crippen LogP contribution in [0.2, 0.25) is 0 Å². The molecule has 0 unspecified atom stereocenters. The molecule has 0 amide bonds. The SMILES string of the molecule is CC(C)[C@H]1CSC(Nc2ccc(Br)cc2F)=N1. The van der Waals surface area contributed by atoms with Gasteiger partial charge in [-0.3, -0.25) is 4.99 Å². The molecule has 0 bridgehead atoms. The van der Waals surface area contributed by atoms with Gasteiger partial charge in [-0.1, -0.05) is 41.5 Å².